The highest BCUT2D eigenvalue weighted by Crippen LogP contribution is 2.32. The summed E-state index contributed by atoms with van der Waals surface area (Å²) in [6, 6.07) is 13.5. The number of carbonyl (C=O) groups excluding carboxylic acids is 1. The highest BCUT2D eigenvalue weighted by atomic mass is 32.2. The largest absolute Gasteiger partial charge is 0.496 e. The zero-order valence-corrected chi connectivity index (χ0v) is 16.0. The molecule has 0 amide bonds. The van der Waals surface area contributed by atoms with E-state index in [1.807, 2.05) is 30.3 Å². The maximum Gasteiger partial charge on any atom is 0.341 e. The van der Waals surface area contributed by atoms with Gasteiger partial charge in [0.1, 0.15) is 11.3 Å². The van der Waals surface area contributed by atoms with Crippen molar-refractivity contribution >= 4 is 16.0 Å². The van der Waals surface area contributed by atoms with Gasteiger partial charge in [-0.05, 0) is 17.7 Å². The van der Waals surface area contributed by atoms with E-state index in [-0.39, 0.29) is 34.7 Å². The Kier molecular flexibility index (Phi) is 5.50. The van der Waals surface area contributed by atoms with Crippen molar-refractivity contribution in [3.8, 4) is 5.75 Å². The minimum atomic E-state index is -3.77. The Morgan fingerprint density at radius 3 is 2.44 bits per heavy atom. The van der Waals surface area contributed by atoms with Crippen LogP contribution in [0.3, 0.4) is 0 Å². The Morgan fingerprint density at radius 2 is 1.81 bits per heavy atom. The van der Waals surface area contributed by atoms with Crippen LogP contribution >= 0.6 is 0 Å². The number of esters is 1. The van der Waals surface area contributed by atoms with Crippen LogP contribution in [0.15, 0.2) is 53.4 Å². The van der Waals surface area contributed by atoms with Crippen LogP contribution in [0.4, 0.5) is 0 Å². The van der Waals surface area contributed by atoms with Crippen LogP contribution in [-0.2, 0) is 14.8 Å². The van der Waals surface area contributed by atoms with Gasteiger partial charge in [0.25, 0.3) is 0 Å². The van der Waals surface area contributed by atoms with Crippen molar-refractivity contribution in [1.29, 1.82) is 0 Å². The van der Waals surface area contributed by atoms with Gasteiger partial charge in [0.05, 0.1) is 19.1 Å². The molecule has 0 aromatic heterocycles. The highest BCUT2D eigenvalue weighted by Gasteiger charge is 2.38. The number of nitrogens with two attached hydrogens (primary N) is 1. The van der Waals surface area contributed by atoms with Crippen molar-refractivity contribution < 1.29 is 22.7 Å². The van der Waals surface area contributed by atoms with E-state index in [4.69, 9.17) is 10.5 Å². The molecule has 2 atom stereocenters. The van der Waals surface area contributed by atoms with E-state index >= 15 is 0 Å². The maximum absolute atomic E-state index is 13.1. The highest BCUT2D eigenvalue weighted by molar-refractivity contribution is 7.89. The fraction of sp³-hybridized carbons (Fsp3) is 0.316. The second-order valence-corrected chi connectivity index (χ2v) is 8.29. The van der Waals surface area contributed by atoms with E-state index in [2.05, 4.69) is 4.74 Å². The first-order chi connectivity index (χ1) is 12.9. The molecule has 1 saturated heterocycles. The number of hydrogen-bond donors (Lipinski definition) is 1. The fourth-order valence-corrected chi connectivity index (χ4v) is 4.82. The Bertz CT molecular complexity index is 930. The predicted molar refractivity (Wildman–Crippen MR) is 100 cm³/mol. The molecule has 27 heavy (non-hydrogen) atoms. The molecule has 2 N–H and O–H groups in total. The van der Waals surface area contributed by atoms with Crippen LogP contribution < -0.4 is 10.5 Å². The molecule has 0 radical (unpaired) electrons. The molecule has 144 valence electrons. The monoisotopic (exact) mass is 390 g/mol. The third-order valence-corrected chi connectivity index (χ3v) is 6.60. The Balaban J connectivity index is 1.90. The predicted octanol–water partition coefficient (Wildman–Crippen LogP) is 1.60. The molecular formula is C19H22N2O5S. The minimum Gasteiger partial charge on any atom is -0.496 e. The molecule has 0 spiro atoms. The first-order valence-corrected chi connectivity index (χ1v) is 9.89. The van der Waals surface area contributed by atoms with Crippen LogP contribution in [0.25, 0.3) is 0 Å². The molecule has 8 heteroatoms. The molecule has 0 aliphatic carbocycles. The third-order valence-electron chi connectivity index (χ3n) is 4.78. The van der Waals surface area contributed by atoms with E-state index < -0.39 is 16.0 Å². The van der Waals surface area contributed by atoms with Gasteiger partial charge < -0.3 is 15.2 Å². The molecule has 0 bridgehead atoms. The summed E-state index contributed by atoms with van der Waals surface area (Å²) in [5.74, 6) is -0.522. The summed E-state index contributed by atoms with van der Waals surface area (Å²) in [7, 11) is -1.15. The lowest BCUT2D eigenvalue weighted by atomic mass is 9.95. The quantitative estimate of drug-likeness (QED) is 0.779. The average Bonchev–Trinajstić information content (AvgIpc) is 3.10. The number of ether oxygens (including phenoxy) is 2. The molecule has 7 nitrogen and oxygen atoms in total. The second kappa shape index (κ2) is 7.67. The standard InChI is InChI=1S/C19H22N2O5S/c1-25-18-10-14(8-9-15(18)19(22)26-2)27(23,24)21-11-16(17(20)12-21)13-6-4-3-5-7-13/h3-10,16-17H,11-12,20H2,1-2H3/t16-,17+/m0/s1. The molecule has 3 rings (SSSR count). The lowest BCUT2D eigenvalue weighted by Crippen LogP contribution is -2.32. The van der Waals surface area contributed by atoms with Gasteiger partial charge in [0, 0.05) is 31.1 Å². The molecule has 1 heterocycles. The normalized spacial score (nSPS) is 20.4. The zero-order chi connectivity index (χ0) is 19.6. The van der Waals surface area contributed by atoms with Crippen molar-refractivity contribution in [2.45, 2.75) is 16.9 Å². The van der Waals surface area contributed by atoms with Gasteiger partial charge in [-0.3, -0.25) is 0 Å². The topological polar surface area (TPSA) is 98.9 Å². The Morgan fingerprint density at radius 1 is 1.11 bits per heavy atom. The first kappa shape index (κ1) is 19.3. The average molecular weight is 390 g/mol. The summed E-state index contributed by atoms with van der Waals surface area (Å²) < 4.78 is 37.4. The van der Waals surface area contributed by atoms with Crippen molar-refractivity contribution in [3.05, 3.63) is 59.7 Å². The van der Waals surface area contributed by atoms with Crippen LogP contribution in [0.1, 0.15) is 21.8 Å². The van der Waals surface area contributed by atoms with Gasteiger partial charge in [-0.15, -0.1) is 0 Å². The molecular weight excluding hydrogens is 368 g/mol. The van der Waals surface area contributed by atoms with E-state index in [1.165, 1.54) is 36.7 Å². The molecule has 1 fully saturated rings. The SMILES string of the molecule is COC(=O)c1ccc(S(=O)(=O)N2C[C@@H](N)[C@H](c3ccccc3)C2)cc1OC. The summed E-state index contributed by atoms with van der Waals surface area (Å²) in [6.45, 7) is 0.525. The lowest BCUT2D eigenvalue weighted by Gasteiger charge is -2.17. The van der Waals surface area contributed by atoms with Crippen LogP contribution in [0.2, 0.25) is 0 Å². The summed E-state index contributed by atoms with van der Waals surface area (Å²) in [5, 5.41) is 0. The maximum atomic E-state index is 13.1. The van der Waals surface area contributed by atoms with Crippen molar-refractivity contribution in [1.82, 2.24) is 4.31 Å². The van der Waals surface area contributed by atoms with E-state index in [1.54, 1.807) is 0 Å². The van der Waals surface area contributed by atoms with Crippen molar-refractivity contribution in [2.75, 3.05) is 27.3 Å². The molecule has 1 aliphatic heterocycles. The summed E-state index contributed by atoms with van der Waals surface area (Å²) in [4.78, 5) is 11.8. The first-order valence-electron chi connectivity index (χ1n) is 8.45. The van der Waals surface area contributed by atoms with Gasteiger partial charge >= 0.3 is 5.97 Å². The van der Waals surface area contributed by atoms with E-state index in [0.717, 1.165) is 5.56 Å². The van der Waals surface area contributed by atoms with Crippen LogP contribution in [-0.4, -0.2) is 52.0 Å². The summed E-state index contributed by atoms with van der Waals surface area (Å²) in [6.07, 6.45) is 0. The Hall–Kier alpha value is -2.42. The van der Waals surface area contributed by atoms with Crippen molar-refractivity contribution in [3.63, 3.8) is 0 Å². The summed E-state index contributed by atoms with van der Waals surface area (Å²) >= 11 is 0. The molecule has 1 aliphatic rings. The minimum absolute atomic E-state index is 0.0490. The Labute approximate surface area is 158 Å². The van der Waals surface area contributed by atoms with E-state index in [9.17, 15) is 13.2 Å². The molecule has 2 aromatic rings. The fourth-order valence-electron chi connectivity index (χ4n) is 3.30. The van der Waals surface area contributed by atoms with Crippen molar-refractivity contribution in [2.24, 2.45) is 5.73 Å². The van der Waals surface area contributed by atoms with Gasteiger partial charge in [0.2, 0.25) is 10.0 Å². The molecule has 2 aromatic carbocycles. The number of hydrogen-bond acceptors (Lipinski definition) is 6. The van der Waals surface area contributed by atoms with Gasteiger partial charge in [0.15, 0.2) is 0 Å². The number of nitrogens with zero attached hydrogens (tertiary/aromatic N) is 1. The van der Waals surface area contributed by atoms with Gasteiger partial charge in [-0.1, -0.05) is 30.3 Å². The lowest BCUT2D eigenvalue weighted by molar-refractivity contribution is 0.0597. The summed E-state index contributed by atoms with van der Waals surface area (Å²) in [5.41, 5.74) is 7.40. The zero-order valence-electron chi connectivity index (χ0n) is 15.2. The third kappa shape index (κ3) is 3.69. The molecule has 0 saturated carbocycles. The smallest absolute Gasteiger partial charge is 0.341 e. The number of methoxy groups -OCH3 is 2. The van der Waals surface area contributed by atoms with Gasteiger partial charge in [-0.25, -0.2) is 13.2 Å². The number of benzene rings is 2. The number of sulfonamides is 1. The van der Waals surface area contributed by atoms with E-state index in [0.29, 0.717) is 6.54 Å². The number of rotatable bonds is 5. The van der Waals surface area contributed by atoms with Gasteiger partial charge in [-0.2, -0.15) is 4.31 Å². The second-order valence-electron chi connectivity index (χ2n) is 6.36. The molecule has 0 unspecified atom stereocenters. The number of carbonyl (C=O) groups is 1. The van der Waals surface area contributed by atoms with Crippen LogP contribution in [0.5, 0.6) is 5.75 Å². The van der Waals surface area contributed by atoms with Crippen LogP contribution in [0, 0.1) is 0 Å².